The van der Waals surface area contributed by atoms with Gasteiger partial charge in [0, 0.05) is 6.10 Å². The van der Waals surface area contributed by atoms with Crippen LogP contribution >= 0.6 is 0 Å². The SMILES string of the molecule is CC(C)O[B]C1=CCOC1. The number of hydrogen-bond donors (Lipinski definition) is 0. The molecule has 0 aromatic rings. The second-order valence-electron chi connectivity index (χ2n) is 2.60. The molecule has 0 aromatic heterocycles. The molecule has 1 aliphatic heterocycles. The Hall–Kier alpha value is -0.275. The summed E-state index contributed by atoms with van der Waals surface area (Å²) in [7, 11) is 1.78. The lowest BCUT2D eigenvalue weighted by Crippen LogP contribution is -2.10. The van der Waals surface area contributed by atoms with Crippen molar-refractivity contribution < 1.29 is 9.39 Å². The van der Waals surface area contributed by atoms with E-state index in [-0.39, 0.29) is 6.10 Å². The maximum Gasteiger partial charge on any atom is 0.328 e. The Morgan fingerprint density at radius 2 is 2.50 bits per heavy atom. The van der Waals surface area contributed by atoms with Gasteiger partial charge in [0.25, 0.3) is 0 Å². The maximum absolute atomic E-state index is 5.25. The molecule has 10 heavy (non-hydrogen) atoms. The van der Waals surface area contributed by atoms with Crippen molar-refractivity contribution in [1.82, 2.24) is 0 Å². The summed E-state index contributed by atoms with van der Waals surface area (Å²) in [6, 6.07) is 0. The second kappa shape index (κ2) is 3.79. The Bertz CT molecular complexity index is 132. The predicted octanol–water partition coefficient (Wildman–Crippen LogP) is 0.945. The summed E-state index contributed by atoms with van der Waals surface area (Å²) in [5.41, 5.74) is 1.15. The summed E-state index contributed by atoms with van der Waals surface area (Å²) < 4.78 is 10.3. The fourth-order valence-corrected chi connectivity index (χ4v) is 0.707. The van der Waals surface area contributed by atoms with Crippen LogP contribution in [0.4, 0.5) is 0 Å². The summed E-state index contributed by atoms with van der Waals surface area (Å²) in [6.07, 6.45) is 2.30. The second-order valence-corrected chi connectivity index (χ2v) is 2.60. The van der Waals surface area contributed by atoms with Gasteiger partial charge in [-0.3, -0.25) is 0 Å². The molecule has 0 saturated heterocycles. The summed E-state index contributed by atoms with van der Waals surface area (Å²) in [5.74, 6) is 0. The minimum atomic E-state index is 0.265. The smallest absolute Gasteiger partial charge is 0.328 e. The first-order chi connectivity index (χ1) is 4.79. The van der Waals surface area contributed by atoms with Crippen molar-refractivity contribution in [3.8, 4) is 0 Å². The van der Waals surface area contributed by atoms with Crippen LogP contribution < -0.4 is 0 Å². The summed E-state index contributed by atoms with van der Waals surface area (Å²) in [6.45, 7) is 5.44. The zero-order valence-electron chi connectivity index (χ0n) is 6.46. The van der Waals surface area contributed by atoms with Crippen molar-refractivity contribution in [3.05, 3.63) is 11.5 Å². The van der Waals surface area contributed by atoms with Crippen molar-refractivity contribution in [3.63, 3.8) is 0 Å². The molecule has 3 heteroatoms. The van der Waals surface area contributed by atoms with Crippen molar-refractivity contribution in [1.29, 1.82) is 0 Å². The lowest BCUT2D eigenvalue weighted by Gasteiger charge is -2.05. The first-order valence-corrected chi connectivity index (χ1v) is 3.54. The van der Waals surface area contributed by atoms with Crippen LogP contribution in [0.3, 0.4) is 0 Å². The topological polar surface area (TPSA) is 18.5 Å². The lowest BCUT2D eigenvalue weighted by molar-refractivity contribution is 0.207. The van der Waals surface area contributed by atoms with Gasteiger partial charge in [0.2, 0.25) is 0 Å². The van der Waals surface area contributed by atoms with Crippen LogP contribution in [0.5, 0.6) is 0 Å². The van der Waals surface area contributed by atoms with E-state index in [1.165, 1.54) is 0 Å². The van der Waals surface area contributed by atoms with Crippen LogP contribution in [0.2, 0.25) is 0 Å². The Labute approximate surface area is 62.5 Å². The quantitative estimate of drug-likeness (QED) is 0.541. The molecule has 0 spiro atoms. The third-order valence-electron chi connectivity index (χ3n) is 1.22. The van der Waals surface area contributed by atoms with Crippen LogP contribution in [-0.4, -0.2) is 26.8 Å². The average molecular weight is 139 g/mol. The summed E-state index contributed by atoms with van der Waals surface area (Å²) in [4.78, 5) is 0. The molecule has 0 unspecified atom stereocenters. The Kier molecular flexibility index (Phi) is 2.96. The number of rotatable bonds is 3. The highest BCUT2D eigenvalue weighted by molar-refractivity contribution is 6.38. The molecule has 2 nitrogen and oxygen atoms in total. The van der Waals surface area contributed by atoms with Crippen molar-refractivity contribution >= 4 is 7.48 Å². The van der Waals surface area contributed by atoms with Crippen LogP contribution in [0, 0.1) is 0 Å². The lowest BCUT2D eigenvalue weighted by atomic mass is 9.88. The van der Waals surface area contributed by atoms with E-state index in [1.54, 1.807) is 7.48 Å². The monoisotopic (exact) mass is 139 g/mol. The molecule has 0 aliphatic carbocycles. The van der Waals surface area contributed by atoms with Gasteiger partial charge in [0.15, 0.2) is 0 Å². The summed E-state index contributed by atoms with van der Waals surface area (Å²) >= 11 is 0. The molecule has 0 amide bonds. The molecule has 55 valence electrons. The van der Waals surface area contributed by atoms with Crippen LogP contribution in [0.15, 0.2) is 11.5 Å². The van der Waals surface area contributed by atoms with E-state index < -0.39 is 0 Å². The van der Waals surface area contributed by atoms with Gasteiger partial charge in [-0.15, -0.1) is 0 Å². The molecular weight excluding hydrogens is 127 g/mol. The van der Waals surface area contributed by atoms with Crippen molar-refractivity contribution in [2.45, 2.75) is 20.0 Å². The molecule has 0 bridgehead atoms. The van der Waals surface area contributed by atoms with E-state index in [2.05, 4.69) is 0 Å². The largest absolute Gasteiger partial charge is 0.432 e. The van der Waals surface area contributed by atoms with E-state index in [9.17, 15) is 0 Å². The van der Waals surface area contributed by atoms with Gasteiger partial charge in [-0.05, 0) is 13.8 Å². The molecule has 0 saturated carbocycles. The molecule has 1 radical (unpaired) electrons. The normalized spacial score (nSPS) is 17.7. The minimum absolute atomic E-state index is 0.265. The molecule has 0 fully saturated rings. The molecule has 1 aliphatic rings. The third-order valence-corrected chi connectivity index (χ3v) is 1.22. The van der Waals surface area contributed by atoms with Crippen LogP contribution in [-0.2, 0) is 9.39 Å². The zero-order chi connectivity index (χ0) is 7.40. The van der Waals surface area contributed by atoms with E-state index >= 15 is 0 Å². The molecule has 0 atom stereocenters. The van der Waals surface area contributed by atoms with E-state index in [1.807, 2.05) is 19.9 Å². The van der Waals surface area contributed by atoms with Crippen molar-refractivity contribution in [2.24, 2.45) is 0 Å². The first kappa shape index (κ1) is 7.83. The highest BCUT2D eigenvalue weighted by Crippen LogP contribution is 2.03. The number of ether oxygens (including phenoxy) is 1. The minimum Gasteiger partial charge on any atom is -0.432 e. The van der Waals surface area contributed by atoms with Gasteiger partial charge < -0.3 is 9.39 Å². The molecule has 0 aromatic carbocycles. The Morgan fingerprint density at radius 3 is 3.00 bits per heavy atom. The van der Waals surface area contributed by atoms with E-state index in [0.29, 0.717) is 6.61 Å². The molecule has 1 rings (SSSR count). The van der Waals surface area contributed by atoms with Crippen LogP contribution in [0.1, 0.15) is 13.8 Å². The van der Waals surface area contributed by atoms with E-state index in [4.69, 9.17) is 9.39 Å². The van der Waals surface area contributed by atoms with Gasteiger partial charge in [-0.1, -0.05) is 11.5 Å². The summed E-state index contributed by atoms with van der Waals surface area (Å²) in [5, 5.41) is 0. The fraction of sp³-hybridized carbons (Fsp3) is 0.714. The average Bonchev–Trinajstić information content (AvgIpc) is 2.34. The van der Waals surface area contributed by atoms with Gasteiger partial charge in [0.1, 0.15) is 0 Å². The van der Waals surface area contributed by atoms with Gasteiger partial charge >= 0.3 is 7.48 Å². The van der Waals surface area contributed by atoms with Crippen LogP contribution in [0.25, 0.3) is 0 Å². The zero-order valence-corrected chi connectivity index (χ0v) is 6.46. The van der Waals surface area contributed by atoms with Crippen molar-refractivity contribution in [2.75, 3.05) is 13.2 Å². The highest BCUT2D eigenvalue weighted by Gasteiger charge is 2.07. The fourth-order valence-electron chi connectivity index (χ4n) is 0.707. The molecule has 1 heterocycles. The third kappa shape index (κ3) is 2.54. The van der Waals surface area contributed by atoms with Gasteiger partial charge in [0.05, 0.1) is 13.2 Å². The first-order valence-electron chi connectivity index (χ1n) is 3.54. The molecule has 0 N–H and O–H groups in total. The predicted molar refractivity (Wildman–Crippen MR) is 40.9 cm³/mol. The standard InChI is InChI=1S/C7H12BO2/c1-6(2)10-8-7-3-4-9-5-7/h3,6H,4-5H2,1-2H3. The highest BCUT2D eigenvalue weighted by atomic mass is 16.5. The van der Waals surface area contributed by atoms with Gasteiger partial charge in [-0.2, -0.15) is 0 Å². The Balaban J connectivity index is 2.13. The maximum atomic E-state index is 5.25. The Morgan fingerprint density at radius 1 is 1.70 bits per heavy atom. The van der Waals surface area contributed by atoms with Gasteiger partial charge in [-0.25, -0.2) is 0 Å². The number of hydrogen-bond acceptors (Lipinski definition) is 2. The van der Waals surface area contributed by atoms with E-state index in [0.717, 1.165) is 12.1 Å². The molecular formula is C7H12BO2.